The van der Waals surface area contributed by atoms with Crippen molar-refractivity contribution in [3.05, 3.63) is 65.5 Å². The zero-order valence-corrected chi connectivity index (χ0v) is 20.4. The number of anilines is 1. The summed E-state index contributed by atoms with van der Waals surface area (Å²) in [5.41, 5.74) is 0.463. The minimum Gasteiger partial charge on any atom is -0.490 e. The summed E-state index contributed by atoms with van der Waals surface area (Å²) in [6, 6.07) is 13.1. The maximum absolute atomic E-state index is 13.0. The first-order valence-corrected chi connectivity index (χ1v) is 11.7. The Morgan fingerprint density at radius 2 is 2.08 bits per heavy atom. The molecule has 1 unspecified atom stereocenters. The number of hydrogen-bond donors (Lipinski definition) is 2. The molecule has 1 fully saturated rings. The van der Waals surface area contributed by atoms with Crippen LogP contribution >= 0.6 is 0 Å². The molecule has 1 aliphatic rings. The second-order valence-corrected chi connectivity index (χ2v) is 8.55. The van der Waals surface area contributed by atoms with Crippen LogP contribution in [0.4, 0.5) is 18.9 Å². The van der Waals surface area contributed by atoms with Gasteiger partial charge >= 0.3 is 12.1 Å². The molecule has 1 aromatic heterocycles. The van der Waals surface area contributed by atoms with E-state index < -0.39 is 17.8 Å². The Labute approximate surface area is 217 Å². The van der Waals surface area contributed by atoms with E-state index in [1.54, 1.807) is 43.5 Å². The molecular formula is C27H24F3N5O3. The van der Waals surface area contributed by atoms with Crippen molar-refractivity contribution in [2.45, 2.75) is 18.7 Å². The number of nitriles is 1. The van der Waals surface area contributed by atoms with E-state index >= 15 is 0 Å². The summed E-state index contributed by atoms with van der Waals surface area (Å²) >= 11 is 0. The standard InChI is InChI=1S/C27H24F3N5O3/c1-37-21-9-10-35(17-21)11-12-38-23-7-6-20(26-32-16-24(34-26)27(28,29)30)14-22(23)33-25(36)8-5-18-3-2-4-19(13-18)15-31/h2-4,6-7,13-14,16,21H,9-12,17H2,1H3,(H,32,34)(H,33,36). The maximum atomic E-state index is 13.0. The number of halogens is 3. The Kier molecular flexibility index (Phi) is 8.31. The van der Waals surface area contributed by atoms with E-state index in [9.17, 15) is 18.0 Å². The van der Waals surface area contributed by atoms with Gasteiger partial charge in [-0.1, -0.05) is 12.0 Å². The van der Waals surface area contributed by atoms with Crippen molar-refractivity contribution < 1.29 is 27.4 Å². The Morgan fingerprint density at radius 3 is 2.79 bits per heavy atom. The van der Waals surface area contributed by atoms with Crippen LogP contribution in [0, 0.1) is 23.2 Å². The molecule has 3 aromatic rings. The first-order valence-electron chi connectivity index (χ1n) is 11.7. The van der Waals surface area contributed by atoms with Gasteiger partial charge in [-0.15, -0.1) is 0 Å². The Hall–Kier alpha value is -4.32. The minimum absolute atomic E-state index is 0.0125. The lowest BCUT2D eigenvalue weighted by atomic mass is 10.1. The van der Waals surface area contributed by atoms with Crippen molar-refractivity contribution in [3.63, 3.8) is 0 Å². The predicted molar refractivity (Wildman–Crippen MR) is 133 cm³/mol. The largest absolute Gasteiger partial charge is 0.490 e. The summed E-state index contributed by atoms with van der Waals surface area (Å²) in [5.74, 6) is 4.82. The summed E-state index contributed by atoms with van der Waals surface area (Å²) in [5, 5.41) is 11.7. The number of hydrogen-bond acceptors (Lipinski definition) is 6. The summed E-state index contributed by atoms with van der Waals surface area (Å²) in [7, 11) is 1.68. The van der Waals surface area contributed by atoms with Crippen LogP contribution in [0.5, 0.6) is 5.75 Å². The fourth-order valence-corrected chi connectivity index (χ4v) is 3.94. The number of imidazole rings is 1. The first-order chi connectivity index (χ1) is 18.2. The molecule has 1 atom stereocenters. The number of ether oxygens (including phenoxy) is 2. The van der Waals surface area contributed by atoms with Crippen molar-refractivity contribution in [2.75, 3.05) is 38.7 Å². The molecule has 2 N–H and O–H groups in total. The van der Waals surface area contributed by atoms with Gasteiger partial charge in [-0.25, -0.2) is 4.98 Å². The number of carbonyl (C=O) groups excluding carboxylic acids is 1. The predicted octanol–water partition coefficient (Wildman–Crippen LogP) is 4.06. The normalized spacial score (nSPS) is 15.4. The smallest absolute Gasteiger partial charge is 0.432 e. The van der Waals surface area contributed by atoms with E-state index in [1.165, 1.54) is 6.07 Å². The molecule has 1 aliphatic heterocycles. The fourth-order valence-electron chi connectivity index (χ4n) is 3.94. The van der Waals surface area contributed by atoms with Gasteiger partial charge in [0.15, 0.2) is 0 Å². The molecule has 0 bridgehead atoms. The third-order valence-electron chi connectivity index (χ3n) is 5.92. The molecule has 38 heavy (non-hydrogen) atoms. The van der Waals surface area contributed by atoms with Crippen LogP contribution in [0.15, 0.2) is 48.7 Å². The number of methoxy groups -OCH3 is 1. The second kappa shape index (κ2) is 11.8. The van der Waals surface area contributed by atoms with E-state index in [0.717, 1.165) is 19.5 Å². The van der Waals surface area contributed by atoms with Crippen LogP contribution < -0.4 is 10.1 Å². The lowest BCUT2D eigenvalue weighted by Crippen LogP contribution is -2.27. The lowest BCUT2D eigenvalue weighted by molar-refractivity contribution is -0.140. The van der Waals surface area contributed by atoms with Gasteiger partial charge in [-0.05, 0) is 42.8 Å². The number of aromatic nitrogens is 2. The molecule has 0 aliphatic carbocycles. The lowest BCUT2D eigenvalue weighted by Gasteiger charge is -2.17. The topological polar surface area (TPSA) is 103 Å². The molecular weight excluding hydrogens is 499 g/mol. The molecule has 1 amide bonds. The van der Waals surface area contributed by atoms with Crippen LogP contribution in [0.2, 0.25) is 0 Å². The van der Waals surface area contributed by atoms with Crippen molar-refractivity contribution in [1.82, 2.24) is 14.9 Å². The molecule has 0 spiro atoms. The second-order valence-electron chi connectivity index (χ2n) is 8.55. The van der Waals surface area contributed by atoms with Gasteiger partial charge in [-0.2, -0.15) is 18.4 Å². The van der Waals surface area contributed by atoms with Gasteiger partial charge in [0.25, 0.3) is 0 Å². The van der Waals surface area contributed by atoms with Crippen molar-refractivity contribution >= 4 is 11.6 Å². The number of likely N-dealkylation sites (tertiary alicyclic amines) is 1. The van der Waals surface area contributed by atoms with Gasteiger partial charge in [-0.3, -0.25) is 9.69 Å². The highest BCUT2D eigenvalue weighted by Crippen LogP contribution is 2.33. The van der Waals surface area contributed by atoms with E-state index in [0.29, 0.717) is 41.8 Å². The molecule has 11 heteroatoms. The third-order valence-corrected chi connectivity index (χ3v) is 5.92. The highest BCUT2D eigenvalue weighted by molar-refractivity contribution is 6.05. The average Bonchev–Trinajstić information content (AvgIpc) is 3.59. The van der Waals surface area contributed by atoms with Gasteiger partial charge in [0.05, 0.1) is 29.6 Å². The van der Waals surface area contributed by atoms with Crippen LogP contribution in [-0.2, 0) is 15.7 Å². The van der Waals surface area contributed by atoms with Crippen molar-refractivity contribution in [3.8, 4) is 35.0 Å². The first kappa shape index (κ1) is 26.7. The Morgan fingerprint density at radius 1 is 1.26 bits per heavy atom. The number of rotatable bonds is 7. The zero-order chi connectivity index (χ0) is 27.1. The number of amides is 1. The molecule has 1 saturated heterocycles. The summed E-state index contributed by atoms with van der Waals surface area (Å²) in [6.07, 6.45) is -2.74. The molecule has 0 radical (unpaired) electrons. The summed E-state index contributed by atoms with van der Waals surface area (Å²) < 4.78 is 50.4. The molecule has 8 nitrogen and oxygen atoms in total. The average molecular weight is 524 g/mol. The quantitative estimate of drug-likeness (QED) is 0.453. The van der Waals surface area contributed by atoms with Gasteiger partial charge in [0, 0.05) is 43.8 Å². The number of nitrogens with one attached hydrogen (secondary N) is 2. The van der Waals surface area contributed by atoms with Gasteiger partial charge in [0.1, 0.15) is 23.9 Å². The van der Waals surface area contributed by atoms with Crippen molar-refractivity contribution in [1.29, 1.82) is 5.26 Å². The van der Waals surface area contributed by atoms with Gasteiger partial charge < -0.3 is 19.8 Å². The number of benzene rings is 2. The monoisotopic (exact) mass is 523 g/mol. The van der Waals surface area contributed by atoms with Crippen LogP contribution in [-0.4, -0.2) is 60.2 Å². The van der Waals surface area contributed by atoms with E-state index in [2.05, 4.69) is 32.0 Å². The van der Waals surface area contributed by atoms with Gasteiger partial charge in [0.2, 0.25) is 0 Å². The minimum atomic E-state index is -4.57. The summed E-state index contributed by atoms with van der Waals surface area (Å²) in [6.45, 7) is 2.64. The molecule has 2 aromatic carbocycles. The molecule has 0 saturated carbocycles. The fraction of sp³-hybridized carbons (Fsp3) is 0.296. The zero-order valence-electron chi connectivity index (χ0n) is 20.4. The molecule has 4 rings (SSSR count). The summed E-state index contributed by atoms with van der Waals surface area (Å²) in [4.78, 5) is 20.9. The van der Waals surface area contributed by atoms with Crippen LogP contribution in [0.25, 0.3) is 11.4 Å². The third kappa shape index (κ3) is 6.91. The number of alkyl halides is 3. The number of aromatic amines is 1. The van der Waals surface area contributed by atoms with E-state index in [4.69, 9.17) is 14.7 Å². The van der Waals surface area contributed by atoms with E-state index in [-0.39, 0.29) is 17.6 Å². The molecule has 2 heterocycles. The Bertz CT molecular complexity index is 1400. The maximum Gasteiger partial charge on any atom is 0.432 e. The number of H-pyrrole nitrogens is 1. The number of carbonyl (C=O) groups is 1. The molecule has 196 valence electrons. The van der Waals surface area contributed by atoms with E-state index in [1.807, 2.05) is 6.07 Å². The van der Waals surface area contributed by atoms with Crippen molar-refractivity contribution in [2.24, 2.45) is 0 Å². The number of nitrogens with zero attached hydrogens (tertiary/aromatic N) is 3. The Balaban J connectivity index is 1.53. The SMILES string of the molecule is COC1CCN(CCOc2ccc(-c3ncc(C(F)(F)F)[nH]3)cc2NC(=O)C#Cc2cccc(C#N)c2)C1. The van der Waals surface area contributed by atoms with Crippen LogP contribution in [0.3, 0.4) is 0 Å². The highest BCUT2D eigenvalue weighted by atomic mass is 19.4. The highest BCUT2D eigenvalue weighted by Gasteiger charge is 2.33. The van der Waals surface area contributed by atoms with Crippen LogP contribution in [0.1, 0.15) is 23.2 Å².